The first kappa shape index (κ1) is 15.3. The van der Waals surface area contributed by atoms with Gasteiger partial charge >= 0.3 is 5.97 Å². The van der Waals surface area contributed by atoms with Crippen molar-refractivity contribution in [3.63, 3.8) is 0 Å². The van der Waals surface area contributed by atoms with Gasteiger partial charge in [-0.1, -0.05) is 0 Å². The third-order valence-electron chi connectivity index (χ3n) is 3.30. The van der Waals surface area contributed by atoms with E-state index in [1.807, 2.05) is 0 Å². The molecule has 2 rings (SSSR count). The molecule has 0 saturated carbocycles. The van der Waals surface area contributed by atoms with E-state index in [9.17, 15) is 9.59 Å². The zero-order valence-corrected chi connectivity index (χ0v) is 12.2. The van der Waals surface area contributed by atoms with Crippen molar-refractivity contribution in [2.24, 2.45) is 0 Å². The molecule has 0 aromatic carbocycles. The minimum absolute atomic E-state index is 0.000978. The van der Waals surface area contributed by atoms with E-state index in [2.05, 4.69) is 4.98 Å². The molecule has 0 spiro atoms. The second kappa shape index (κ2) is 7.61. The van der Waals surface area contributed by atoms with Crippen LogP contribution in [0.25, 0.3) is 0 Å². The third-order valence-corrected chi connectivity index (χ3v) is 3.30. The number of rotatable bonds is 6. The maximum absolute atomic E-state index is 12.0. The Hall–Kier alpha value is -2.11. The molecule has 0 bridgehead atoms. The van der Waals surface area contributed by atoms with Crippen LogP contribution in [0.4, 0.5) is 0 Å². The second-order valence-corrected chi connectivity index (χ2v) is 4.86. The van der Waals surface area contributed by atoms with Crippen LogP contribution in [0.15, 0.2) is 24.5 Å². The molecule has 114 valence electrons. The summed E-state index contributed by atoms with van der Waals surface area (Å²) in [6, 6.07) is 3.59. The van der Waals surface area contributed by atoms with E-state index < -0.39 is 0 Å². The predicted octanol–water partition coefficient (Wildman–Crippen LogP) is 1.40. The van der Waals surface area contributed by atoms with Crippen LogP contribution in [0.5, 0.6) is 5.75 Å². The van der Waals surface area contributed by atoms with Crippen molar-refractivity contribution >= 4 is 11.9 Å². The van der Waals surface area contributed by atoms with Gasteiger partial charge in [0.15, 0.2) is 0 Å². The third kappa shape index (κ3) is 4.73. The fraction of sp³-hybridized carbons (Fsp3) is 0.533. The van der Waals surface area contributed by atoms with Crippen LogP contribution in [-0.4, -0.2) is 47.6 Å². The molecule has 2 heterocycles. The molecule has 6 heteroatoms. The lowest BCUT2D eigenvalue weighted by Crippen LogP contribution is -2.31. The smallest absolute Gasteiger partial charge is 0.306 e. The van der Waals surface area contributed by atoms with E-state index in [-0.39, 0.29) is 30.8 Å². The van der Waals surface area contributed by atoms with Gasteiger partial charge in [0.05, 0.1) is 19.6 Å². The van der Waals surface area contributed by atoms with Crippen LogP contribution < -0.4 is 4.74 Å². The van der Waals surface area contributed by atoms with Gasteiger partial charge in [-0.25, -0.2) is 0 Å². The fourth-order valence-corrected chi connectivity index (χ4v) is 2.26. The van der Waals surface area contributed by atoms with E-state index in [0.717, 1.165) is 12.2 Å². The van der Waals surface area contributed by atoms with Crippen LogP contribution in [0.2, 0.25) is 0 Å². The number of ether oxygens (including phenoxy) is 2. The highest BCUT2D eigenvalue weighted by Crippen LogP contribution is 2.18. The summed E-state index contributed by atoms with van der Waals surface area (Å²) in [6.45, 7) is 3.32. The van der Waals surface area contributed by atoms with Gasteiger partial charge in [0.2, 0.25) is 5.91 Å². The van der Waals surface area contributed by atoms with Crippen molar-refractivity contribution in [2.45, 2.75) is 32.3 Å². The molecule has 1 saturated heterocycles. The highest BCUT2D eigenvalue weighted by molar-refractivity contribution is 5.81. The molecule has 21 heavy (non-hydrogen) atoms. The summed E-state index contributed by atoms with van der Waals surface area (Å²) < 4.78 is 10.6. The van der Waals surface area contributed by atoms with Crippen molar-refractivity contribution in [2.75, 3.05) is 19.7 Å². The Kier molecular flexibility index (Phi) is 5.54. The molecule has 1 fully saturated rings. The van der Waals surface area contributed by atoms with E-state index in [0.29, 0.717) is 19.7 Å². The van der Waals surface area contributed by atoms with E-state index in [4.69, 9.17) is 9.47 Å². The summed E-state index contributed by atoms with van der Waals surface area (Å²) in [5.74, 6) is 0.411. The molecule has 6 nitrogen and oxygen atoms in total. The monoisotopic (exact) mass is 292 g/mol. The topological polar surface area (TPSA) is 68.7 Å². The summed E-state index contributed by atoms with van der Waals surface area (Å²) in [5.41, 5.74) is 0. The summed E-state index contributed by atoms with van der Waals surface area (Å²) >= 11 is 0. The SMILES string of the molecule is CCOC(=O)CCC(=O)N1CCC(Oc2ccncc2)C1. The minimum Gasteiger partial charge on any atom is -0.488 e. The molecule has 1 atom stereocenters. The molecular formula is C15H20N2O4. The zero-order chi connectivity index (χ0) is 15.1. The van der Waals surface area contributed by atoms with Gasteiger partial charge in [0, 0.05) is 31.8 Å². The number of carbonyl (C=O) groups is 2. The van der Waals surface area contributed by atoms with Crippen molar-refractivity contribution in [1.29, 1.82) is 0 Å². The Bertz CT molecular complexity index is 478. The zero-order valence-electron chi connectivity index (χ0n) is 12.2. The number of esters is 1. The van der Waals surface area contributed by atoms with Gasteiger partial charge in [0.1, 0.15) is 11.9 Å². The largest absolute Gasteiger partial charge is 0.488 e. The molecule has 0 radical (unpaired) electrons. The number of hydrogen-bond acceptors (Lipinski definition) is 5. The van der Waals surface area contributed by atoms with Crippen LogP contribution in [0.1, 0.15) is 26.2 Å². The quantitative estimate of drug-likeness (QED) is 0.741. The Morgan fingerprint density at radius 1 is 1.33 bits per heavy atom. The Morgan fingerprint density at radius 2 is 2.10 bits per heavy atom. The molecular weight excluding hydrogens is 272 g/mol. The number of hydrogen-bond donors (Lipinski definition) is 0. The second-order valence-electron chi connectivity index (χ2n) is 4.86. The van der Waals surface area contributed by atoms with Gasteiger partial charge in [-0.2, -0.15) is 0 Å². The lowest BCUT2D eigenvalue weighted by molar-refractivity contribution is -0.145. The molecule has 0 N–H and O–H groups in total. The number of pyridine rings is 1. The molecule has 1 amide bonds. The van der Waals surface area contributed by atoms with Crippen LogP contribution in [-0.2, 0) is 14.3 Å². The van der Waals surface area contributed by atoms with Crippen LogP contribution in [0, 0.1) is 0 Å². The first-order valence-corrected chi connectivity index (χ1v) is 7.19. The maximum atomic E-state index is 12.0. The summed E-state index contributed by atoms with van der Waals surface area (Å²) in [6.07, 6.45) is 4.48. The minimum atomic E-state index is -0.324. The molecule has 1 unspecified atom stereocenters. The van der Waals surface area contributed by atoms with E-state index in [1.54, 1.807) is 36.4 Å². The Morgan fingerprint density at radius 3 is 2.81 bits per heavy atom. The Labute approximate surface area is 124 Å². The number of amides is 1. The molecule has 1 aliphatic rings. The lowest BCUT2D eigenvalue weighted by atomic mass is 10.3. The van der Waals surface area contributed by atoms with Crippen LogP contribution >= 0.6 is 0 Å². The van der Waals surface area contributed by atoms with Gasteiger partial charge in [-0.15, -0.1) is 0 Å². The summed E-state index contributed by atoms with van der Waals surface area (Å²) in [7, 11) is 0. The highest BCUT2D eigenvalue weighted by atomic mass is 16.5. The van der Waals surface area contributed by atoms with Gasteiger partial charge in [-0.05, 0) is 19.1 Å². The number of aromatic nitrogens is 1. The first-order chi connectivity index (χ1) is 10.2. The normalized spacial score (nSPS) is 17.6. The molecule has 1 aliphatic heterocycles. The average molecular weight is 292 g/mol. The standard InChI is InChI=1S/C15H20N2O4/c1-2-20-15(19)4-3-14(18)17-10-7-13(11-17)21-12-5-8-16-9-6-12/h5-6,8-9,13H,2-4,7,10-11H2,1H3. The van der Waals surface area contributed by atoms with Gasteiger partial charge < -0.3 is 14.4 Å². The van der Waals surface area contributed by atoms with E-state index in [1.165, 1.54) is 0 Å². The van der Waals surface area contributed by atoms with Crippen molar-refractivity contribution in [1.82, 2.24) is 9.88 Å². The summed E-state index contributed by atoms with van der Waals surface area (Å²) in [5, 5.41) is 0. The number of carbonyl (C=O) groups excluding carboxylic acids is 2. The van der Waals surface area contributed by atoms with Gasteiger partial charge in [0.25, 0.3) is 0 Å². The number of nitrogens with zero attached hydrogens (tertiary/aromatic N) is 2. The van der Waals surface area contributed by atoms with Crippen LogP contribution in [0.3, 0.4) is 0 Å². The molecule has 0 aliphatic carbocycles. The van der Waals surface area contributed by atoms with Crippen molar-refractivity contribution < 1.29 is 19.1 Å². The fourth-order valence-electron chi connectivity index (χ4n) is 2.26. The maximum Gasteiger partial charge on any atom is 0.306 e. The Balaban J connectivity index is 1.74. The first-order valence-electron chi connectivity index (χ1n) is 7.19. The molecule has 1 aromatic rings. The highest BCUT2D eigenvalue weighted by Gasteiger charge is 2.27. The van der Waals surface area contributed by atoms with Gasteiger partial charge in [-0.3, -0.25) is 14.6 Å². The van der Waals surface area contributed by atoms with Crippen molar-refractivity contribution in [3.05, 3.63) is 24.5 Å². The predicted molar refractivity (Wildman–Crippen MR) is 75.7 cm³/mol. The molecule has 1 aromatic heterocycles. The average Bonchev–Trinajstić information content (AvgIpc) is 2.95. The number of likely N-dealkylation sites (tertiary alicyclic amines) is 1. The van der Waals surface area contributed by atoms with E-state index >= 15 is 0 Å². The van der Waals surface area contributed by atoms with Crippen molar-refractivity contribution in [3.8, 4) is 5.75 Å². The summed E-state index contributed by atoms with van der Waals surface area (Å²) in [4.78, 5) is 28.9. The lowest BCUT2D eigenvalue weighted by Gasteiger charge is -2.17.